The monoisotopic (exact) mass is 247 g/mol. The standard InChI is InChI=1S/C14H17NO3/c1-2-3-8-15-12-7-5-4-6-10(12)11(14(17)18)9-13(15)16/h4-7,11H,2-3,8-9H2,1H3,(H,17,18)/t11-/m1/s1. The Morgan fingerprint density at radius 2 is 2.17 bits per heavy atom. The summed E-state index contributed by atoms with van der Waals surface area (Å²) in [5.74, 6) is -1.72. The molecule has 0 aliphatic carbocycles. The molecular weight excluding hydrogens is 230 g/mol. The Kier molecular flexibility index (Phi) is 3.65. The largest absolute Gasteiger partial charge is 0.481 e. The van der Waals surface area contributed by atoms with Crippen molar-refractivity contribution in [2.75, 3.05) is 11.4 Å². The highest BCUT2D eigenvalue weighted by Crippen LogP contribution is 2.36. The molecule has 1 aliphatic rings. The second kappa shape index (κ2) is 5.21. The number of carboxylic acid groups (broad SMARTS) is 1. The first-order valence-corrected chi connectivity index (χ1v) is 6.27. The predicted molar refractivity (Wildman–Crippen MR) is 68.7 cm³/mol. The van der Waals surface area contributed by atoms with Gasteiger partial charge in [0, 0.05) is 18.7 Å². The highest BCUT2D eigenvalue weighted by atomic mass is 16.4. The maximum Gasteiger partial charge on any atom is 0.311 e. The Labute approximate surface area is 106 Å². The summed E-state index contributed by atoms with van der Waals surface area (Å²) in [5.41, 5.74) is 1.51. The van der Waals surface area contributed by atoms with E-state index in [0.29, 0.717) is 6.54 Å². The number of amides is 1. The second-order valence-electron chi connectivity index (χ2n) is 4.55. The zero-order valence-electron chi connectivity index (χ0n) is 10.4. The zero-order valence-corrected chi connectivity index (χ0v) is 10.4. The SMILES string of the molecule is CCCCN1C(=O)C[C@@H](C(=O)O)c2ccccc21. The molecule has 1 atom stereocenters. The normalized spacial score (nSPS) is 18.6. The van der Waals surface area contributed by atoms with Gasteiger partial charge in [0.1, 0.15) is 0 Å². The van der Waals surface area contributed by atoms with Gasteiger partial charge in [0.15, 0.2) is 0 Å². The molecule has 0 unspecified atom stereocenters. The van der Waals surface area contributed by atoms with E-state index in [4.69, 9.17) is 0 Å². The number of para-hydroxylation sites is 1. The third-order valence-electron chi connectivity index (χ3n) is 3.32. The number of fused-ring (bicyclic) bond motifs is 1. The summed E-state index contributed by atoms with van der Waals surface area (Å²) in [7, 11) is 0. The van der Waals surface area contributed by atoms with E-state index >= 15 is 0 Å². The van der Waals surface area contributed by atoms with Crippen molar-refractivity contribution in [2.24, 2.45) is 0 Å². The molecule has 0 bridgehead atoms. The van der Waals surface area contributed by atoms with Crippen LogP contribution in [0.2, 0.25) is 0 Å². The Bertz CT molecular complexity index is 470. The lowest BCUT2D eigenvalue weighted by atomic mass is 9.89. The van der Waals surface area contributed by atoms with Gasteiger partial charge in [-0.3, -0.25) is 9.59 Å². The minimum absolute atomic E-state index is 0.0655. The molecule has 1 amide bonds. The molecule has 4 nitrogen and oxygen atoms in total. The number of benzene rings is 1. The van der Waals surface area contributed by atoms with Gasteiger partial charge < -0.3 is 10.0 Å². The molecule has 0 fully saturated rings. The van der Waals surface area contributed by atoms with Gasteiger partial charge in [0.25, 0.3) is 0 Å². The van der Waals surface area contributed by atoms with Crippen molar-refractivity contribution in [3.63, 3.8) is 0 Å². The number of rotatable bonds is 4. The summed E-state index contributed by atoms with van der Waals surface area (Å²) >= 11 is 0. The van der Waals surface area contributed by atoms with E-state index in [1.807, 2.05) is 18.2 Å². The van der Waals surface area contributed by atoms with Crippen molar-refractivity contribution in [3.8, 4) is 0 Å². The number of nitrogens with zero attached hydrogens (tertiary/aromatic N) is 1. The topological polar surface area (TPSA) is 57.6 Å². The average molecular weight is 247 g/mol. The Morgan fingerprint density at radius 1 is 1.44 bits per heavy atom. The van der Waals surface area contributed by atoms with Crippen LogP contribution in [-0.2, 0) is 9.59 Å². The van der Waals surface area contributed by atoms with Crippen molar-refractivity contribution in [1.82, 2.24) is 0 Å². The van der Waals surface area contributed by atoms with E-state index in [-0.39, 0.29) is 12.3 Å². The molecule has 18 heavy (non-hydrogen) atoms. The Hall–Kier alpha value is -1.84. The van der Waals surface area contributed by atoms with Gasteiger partial charge >= 0.3 is 5.97 Å². The smallest absolute Gasteiger partial charge is 0.311 e. The number of aliphatic carboxylic acids is 1. The van der Waals surface area contributed by atoms with Crippen molar-refractivity contribution in [2.45, 2.75) is 32.1 Å². The van der Waals surface area contributed by atoms with Crippen LogP contribution in [0.5, 0.6) is 0 Å². The van der Waals surface area contributed by atoms with Crippen LogP contribution in [0.1, 0.15) is 37.7 Å². The number of carbonyl (C=O) groups excluding carboxylic acids is 1. The van der Waals surface area contributed by atoms with Gasteiger partial charge in [0.05, 0.1) is 5.92 Å². The summed E-state index contributed by atoms with van der Waals surface area (Å²) in [6.07, 6.45) is 2.00. The molecule has 4 heteroatoms. The maximum atomic E-state index is 12.0. The highest BCUT2D eigenvalue weighted by Gasteiger charge is 2.34. The van der Waals surface area contributed by atoms with Gasteiger partial charge in [-0.25, -0.2) is 0 Å². The lowest BCUT2D eigenvalue weighted by Gasteiger charge is -2.32. The Balaban J connectivity index is 2.38. The van der Waals surface area contributed by atoms with E-state index in [1.165, 1.54) is 0 Å². The van der Waals surface area contributed by atoms with Crippen LogP contribution in [0.4, 0.5) is 5.69 Å². The fourth-order valence-electron chi connectivity index (χ4n) is 2.34. The molecule has 1 aromatic carbocycles. The molecule has 96 valence electrons. The van der Waals surface area contributed by atoms with Crippen LogP contribution in [0, 0.1) is 0 Å². The van der Waals surface area contributed by atoms with Crippen LogP contribution in [0.15, 0.2) is 24.3 Å². The quantitative estimate of drug-likeness (QED) is 0.888. The molecule has 1 N–H and O–H groups in total. The lowest BCUT2D eigenvalue weighted by molar-refractivity contribution is -0.140. The summed E-state index contributed by atoms with van der Waals surface area (Å²) in [4.78, 5) is 25.0. The van der Waals surface area contributed by atoms with Crippen LogP contribution in [0.25, 0.3) is 0 Å². The highest BCUT2D eigenvalue weighted by molar-refractivity contribution is 6.01. The summed E-state index contributed by atoms with van der Waals surface area (Å²) < 4.78 is 0. The third kappa shape index (κ3) is 2.23. The van der Waals surface area contributed by atoms with Gasteiger partial charge in [0.2, 0.25) is 5.91 Å². The van der Waals surface area contributed by atoms with Gasteiger partial charge in [-0.05, 0) is 18.1 Å². The average Bonchev–Trinajstić information content (AvgIpc) is 2.36. The molecule has 0 spiro atoms. The molecule has 0 saturated heterocycles. The molecule has 1 aromatic rings. The van der Waals surface area contributed by atoms with Gasteiger partial charge in [-0.1, -0.05) is 31.5 Å². The van der Waals surface area contributed by atoms with Crippen LogP contribution >= 0.6 is 0 Å². The number of unbranched alkanes of at least 4 members (excludes halogenated alkanes) is 1. The number of carbonyl (C=O) groups is 2. The predicted octanol–water partition coefficient (Wildman–Crippen LogP) is 2.39. The minimum atomic E-state index is -0.925. The zero-order chi connectivity index (χ0) is 13.1. The van der Waals surface area contributed by atoms with E-state index in [2.05, 4.69) is 6.92 Å². The molecule has 0 aromatic heterocycles. The van der Waals surface area contributed by atoms with Crippen molar-refractivity contribution in [3.05, 3.63) is 29.8 Å². The maximum absolute atomic E-state index is 12.0. The molecule has 0 radical (unpaired) electrons. The fourth-order valence-corrected chi connectivity index (χ4v) is 2.34. The second-order valence-corrected chi connectivity index (χ2v) is 4.55. The minimum Gasteiger partial charge on any atom is -0.481 e. The first kappa shape index (κ1) is 12.6. The van der Waals surface area contributed by atoms with Crippen LogP contribution in [0.3, 0.4) is 0 Å². The number of anilines is 1. The summed E-state index contributed by atoms with van der Waals surface area (Å²) in [6.45, 7) is 2.74. The van der Waals surface area contributed by atoms with E-state index < -0.39 is 11.9 Å². The van der Waals surface area contributed by atoms with Crippen LogP contribution < -0.4 is 4.90 Å². The van der Waals surface area contributed by atoms with E-state index in [1.54, 1.807) is 11.0 Å². The van der Waals surface area contributed by atoms with Crippen molar-refractivity contribution >= 4 is 17.6 Å². The first-order valence-electron chi connectivity index (χ1n) is 6.27. The van der Waals surface area contributed by atoms with E-state index in [0.717, 1.165) is 24.1 Å². The van der Waals surface area contributed by atoms with Crippen LogP contribution in [-0.4, -0.2) is 23.5 Å². The number of carboxylic acids is 1. The van der Waals surface area contributed by atoms with E-state index in [9.17, 15) is 14.7 Å². The molecular formula is C14H17NO3. The van der Waals surface area contributed by atoms with Gasteiger partial charge in [-0.2, -0.15) is 0 Å². The van der Waals surface area contributed by atoms with Crippen molar-refractivity contribution < 1.29 is 14.7 Å². The lowest BCUT2D eigenvalue weighted by Crippen LogP contribution is -2.39. The molecule has 1 aliphatic heterocycles. The Morgan fingerprint density at radius 3 is 2.83 bits per heavy atom. The number of hydrogen-bond donors (Lipinski definition) is 1. The summed E-state index contributed by atoms with van der Waals surface area (Å²) in [5, 5.41) is 9.19. The van der Waals surface area contributed by atoms with Crippen molar-refractivity contribution in [1.29, 1.82) is 0 Å². The third-order valence-corrected chi connectivity index (χ3v) is 3.32. The van der Waals surface area contributed by atoms with Gasteiger partial charge in [-0.15, -0.1) is 0 Å². The first-order chi connectivity index (χ1) is 8.65. The summed E-state index contributed by atoms with van der Waals surface area (Å²) in [6, 6.07) is 7.30. The molecule has 1 heterocycles. The fraction of sp³-hybridized carbons (Fsp3) is 0.429. The molecule has 0 saturated carbocycles. The number of hydrogen-bond acceptors (Lipinski definition) is 2. The molecule has 2 rings (SSSR count).